The van der Waals surface area contributed by atoms with Gasteiger partial charge < -0.3 is 15.6 Å². The number of anilines is 1. The number of rotatable bonds is 6. The Morgan fingerprint density at radius 3 is 2.92 bits per heavy atom. The van der Waals surface area contributed by atoms with Gasteiger partial charge in [0.25, 0.3) is 0 Å². The molecular weight excluding hydrogens is 328 g/mol. The molecule has 4 aromatic rings. The Morgan fingerprint density at radius 2 is 2.08 bits per heavy atom. The summed E-state index contributed by atoms with van der Waals surface area (Å²) < 4.78 is 7.69. The van der Waals surface area contributed by atoms with Crippen LogP contribution in [-0.2, 0) is 6.54 Å². The summed E-state index contributed by atoms with van der Waals surface area (Å²) >= 11 is 0. The van der Waals surface area contributed by atoms with E-state index >= 15 is 0 Å². The largest absolute Gasteiger partial charge is 0.436 e. The molecule has 0 aliphatic carbocycles. The molecule has 0 fully saturated rings. The van der Waals surface area contributed by atoms with E-state index < -0.39 is 0 Å². The number of benzene rings is 1. The van der Waals surface area contributed by atoms with Gasteiger partial charge in [-0.25, -0.2) is 9.97 Å². The first-order valence-corrected chi connectivity index (χ1v) is 8.38. The number of hydrogen-bond acceptors (Lipinski definition) is 6. The van der Waals surface area contributed by atoms with Gasteiger partial charge in [0.1, 0.15) is 11.3 Å². The first kappa shape index (κ1) is 16.0. The monoisotopic (exact) mass is 346 g/mol. The number of aryl methyl sites for hydroxylation is 1. The molecule has 7 heteroatoms. The molecule has 26 heavy (non-hydrogen) atoms. The third-order valence-electron chi connectivity index (χ3n) is 4.15. The zero-order valence-corrected chi connectivity index (χ0v) is 14.1. The summed E-state index contributed by atoms with van der Waals surface area (Å²) in [5, 5.41) is 11.5. The second-order valence-electron chi connectivity index (χ2n) is 5.98. The van der Waals surface area contributed by atoms with Gasteiger partial charge in [-0.2, -0.15) is 5.10 Å². The number of pyridine rings is 1. The Morgan fingerprint density at radius 1 is 1.19 bits per heavy atom. The molecule has 0 spiro atoms. The minimum Gasteiger partial charge on any atom is -0.436 e. The van der Waals surface area contributed by atoms with Crippen LogP contribution in [0, 0.1) is 5.41 Å². The van der Waals surface area contributed by atoms with Crippen LogP contribution in [0.15, 0.2) is 53.3 Å². The summed E-state index contributed by atoms with van der Waals surface area (Å²) in [5.41, 5.74) is 10.1. The van der Waals surface area contributed by atoms with Crippen molar-refractivity contribution in [3.8, 4) is 22.6 Å². The van der Waals surface area contributed by atoms with E-state index in [4.69, 9.17) is 15.6 Å². The average molecular weight is 346 g/mol. The van der Waals surface area contributed by atoms with Crippen LogP contribution in [0.1, 0.15) is 12.8 Å². The number of nitrogen functional groups attached to an aromatic ring is 1. The predicted molar refractivity (Wildman–Crippen MR) is 101 cm³/mol. The SMILES string of the molecule is N=CCCCn1cc(-c2cnc(N)c(-c3nc4ccccc4o3)c2)cn1. The van der Waals surface area contributed by atoms with Crippen molar-refractivity contribution in [2.45, 2.75) is 19.4 Å². The number of hydrogen-bond donors (Lipinski definition) is 2. The molecule has 3 aromatic heterocycles. The molecule has 0 bridgehead atoms. The Balaban J connectivity index is 1.67. The molecule has 0 saturated heterocycles. The van der Waals surface area contributed by atoms with E-state index in [1.54, 1.807) is 12.4 Å². The third kappa shape index (κ3) is 3.06. The fourth-order valence-corrected chi connectivity index (χ4v) is 2.78. The second-order valence-corrected chi connectivity index (χ2v) is 5.98. The lowest BCUT2D eigenvalue weighted by molar-refractivity contribution is 0.591. The number of nitrogens with one attached hydrogen (secondary N) is 1. The van der Waals surface area contributed by atoms with Crippen molar-refractivity contribution in [2.24, 2.45) is 0 Å². The van der Waals surface area contributed by atoms with Gasteiger partial charge in [-0.1, -0.05) is 12.1 Å². The highest BCUT2D eigenvalue weighted by Gasteiger charge is 2.14. The summed E-state index contributed by atoms with van der Waals surface area (Å²) in [7, 11) is 0. The highest BCUT2D eigenvalue weighted by Crippen LogP contribution is 2.31. The third-order valence-corrected chi connectivity index (χ3v) is 4.15. The lowest BCUT2D eigenvalue weighted by Crippen LogP contribution is -1.98. The van der Waals surface area contributed by atoms with Crippen LogP contribution < -0.4 is 5.73 Å². The maximum atomic E-state index is 7.08. The highest BCUT2D eigenvalue weighted by molar-refractivity contribution is 5.80. The van der Waals surface area contributed by atoms with Crippen LogP contribution in [0.5, 0.6) is 0 Å². The topological polar surface area (TPSA) is 107 Å². The Bertz CT molecular complexity index is 1030. The number of oxazole rings is 1. The van der Waals surface area contributed by atoms with Gasteiger partial charge in [0, 0.05) is 30.1 Å². The summed E-state index contributed by atoms with van der Waals surface area (Å²) in [6, 6.07) is 9.51. The van der Waals surface area contributed by atoms with Gasteiger partial charge in [0.05, 0.1) is 11.8 Å². The summed E-state index contributed by atoms with van der Waals surface area (Å²) in [4.78, 5) is 8.80. The molecular formula is C19H18N6O. The maximum absolute atomic E-state index is 7.08. The molecule has 130 valence electrons. The molecule has 0 radical (unpaired) electrons. The molecule has 0 saturated carbocycles. The quantitative estimate of drug-likeness (QED) is 0.408. The smallest absolute Gasteiger partial charge is 0.231 e. The molecule has 3 N–H and O–H groups in total. The van der Waals surface area contributed by atoms with Crippen LogP contribution >= 0.6 is 0 Å². The minimum absolute atomic E-state index is 0.374. The average Bonchev–Trinajstić information content (AvgIpc) is 3.29. The zero-order chi connectivity index (χ0) is 17.9. The lowest BCUT2D eigenvalue weighted by atomic mass is 10.1. The van der Waals surface area contributed by atoms with Gasteiger partial charge in [0.15, 0.2) is 5.58 Å². The van der Waals surface area contributed by atoms with E-state index in [0.29, 0.717) is 22.9 Å². The number of aromatic nitrogens is 4. The van der Waals surface area contributed by atoms with E-state index in [1.807, 2.05) is 41.2 Å². The summed E-state index contributed by atoms with van der Waals surface area (Å²) in [6.45, 7) is 0.774. The minimum atomic E-state index is 0.374. The lowest BCUT2D eigenvalue weighted by Gasteiger charge is -2.03. The summed E-state index contributed by atoms with van der Waals surface area (Å²) in [5.74, 6) is 0.829. The number of fused-ring (bicyclic) bond motifs is 1. The van der Waals surface area contributed by atoms with Gasteiger partial charge in [-0.05, 0) is 37.3 Å². The van der Waals surface area contributed by atoms with Gasteiger partial charge >= 0.3 is 0 Å². The van der Waals surface area contributed by atoms with Crippen LogP contribution in [0.3, 0.4) is 0 Å². The molecule has 1 aromatic carbocycles. The van der Waals surface area contributed by atoms with Gasteiger partial charge in [0.2, 0.25) is 5.89 Å². The van der Waals surface area contributed by atoms with Crippen molar-refractivity contribution >= 4 is 23.1 Å². The molecule has 0 amide bonds. The van der Waals surface area contributed by atoms with Crippen molar-refractivity contribution in [3.63, 3.8) is 0 Å². The predicted octanol–water partition coefficient (Wildman–Crippen LogP) is 3.77. The van der Waals surface area contributed by atoms with Crippen molar-refractivity contribution in [2.75, 3.05) is 5.73 Å². The van der Waals surface area contributed by atoms with Crippen LogP contribution in [0.4, 0.5) is 5.82 Å². The maximum Gasteiger partial charge on any atom is 0.231 e. The van der Waals surface area contributed by atoms with E-state index in [1.165, 1.54) is 6.21 Å². The highest BCUT2D eigenvalue weighted by atomic mass is 16.3. The van der Waals surface area contributed by atoms with E-state index in [2.05, 4.69) is 15.1 Å². The first-order valence-electron chi connectivity index (χ1n) is 8.38. The van der Waals surface area contributed by atoms with Crippen molar-refractivity contribution in [3.05, 3.63) is 48.9 Å². The molecule has 0 aliphatic heterocycles. The summed E-state index contributed by atoms with van der Waals surface area (Å²) in [6.07, 6.45) is 8.54. The van der Waals surface area contributed by atoms with Crippen molar-refractivity contribution < 1.29 is 4.42 Å². The molecule has 3 heterocycles. The number of nitrogens with zero attached hydrogens (tertiary/aromatic N) is 4. The normalized spacial score (nSPS) is 11.1. The number of nitrogens with two attached hydrogens (primary N) is 1. The molecule has 0 atom stereocenters. The fourth-order valence-electron chi connectivity index (χ4n) is 2.78. The van der Waals surface area contributed by atoms with Crippen LogP contribution in [0.2, 0.25) is 0 Å². The fraction of sp³-hybridized carbons (Fsp3) is 0.158. The Kier molecular flexibility index (Phi) is 4.18. The van der Waals surface area contributed by atoms with Gasteiger partial charge in [-0.3, -0.25) is 4.68 Å². The molecule has 4 rings (SSSR count). The zero-order valence-electron chi connectivity index (χ0n) is 14.1. The molecule has 7 nitrogen and oxygen atoms in total. The molecule has 0 unspecified atom stereocenters. The number of para-hydroxylation sites is 2. The second kappa shape index (κ2) is 6.79. The Labute approximate surface area is 150 Å². The first-order chi connectivity index (χ1) is 12.7. The molecule has 0 aliphatic rings. The Hall–Kier alpha value is -3.48. The number of unbranched alkanes of at least 4 members (excludes halogenated alkanes) is 1. The van der Waals surface area contributed by atoms with E-state index in [0.717, 1.165) is 36.0 Å². The van der Waals surface area contributed by atoms with Crippen molar-refractivity contribution in [1.29, 1.82) is 5.41 Å². The standard InChI is InChI=1S/C19H18N6O/c20-7-3-4-8-25-12-14(11-23-25)13-9-15(18(21)22-10-13)19-24-16-5-1-2-6-17(16)26-19/h1-2,5-7,9-12,20H,3-4,8H2,(H2,21,22). The van der Waals surface area contributed by atoms with Crippen LogP contribution in [0.25, 0.3) is 33.7 Å². The van der Waals surface area contributed by atoms with E-state index in [9.17, 15) is 0 Å². The van der Waals surface area contributed by atoms with Crippen LogP contribution in [-0.4, -0.2) is 26.0 Å². The van der Waals surface area contributed by atoms with Gasteiger partial charge in [-0.15, -0.1) is 0 Å². The van der Waals surface area contributed by atoms with Crippen molar-refractivity contribution in [1.82, 2.24) is 19.7 Å². The van der Waals surface area contributed by atoms with E-state index in [-0.39, 0.29) is 0 Å².